The van der Waals surface area contributed by atoms with E-state index in [9.17, 15) is 18.0 Å². The van der Waals surface area contributed by atoms with Crippen molar-refractivity contribution in [3.8, 4) is 11.5 Å². The first-order valence-electron chi connectivity index (χ1n) is 11.9. The number of carbonyl (C=O) groups is 2. The first-order valence-corrected chi connectivity index (χ1v) is 13.7. The lowest BCUT2D eigenvalue weighted by Gasteiger charge is -2.33. The van der Waals surface area contributed by atoms with Gasteiger partial charge < -0.3 is 19.7 Å². The van der Waals surface area contributed by atoms with Crippen LogP contribution in [0.15, 0.2) is 48.5 Å². The summed E-state index contributed by atoms with van der Waals surface area (Å²) in [4.78, 5) is 28.0. The van der Waals surface area contributed by atoms with E-state index in [1.54, 1.807) is 25.1 Å². The van der Waals surface area contributed by atoms with Crippen molar-refractivity contribution in [2.75, 3.05) is 36.9 Å². The molecular weight excluding hydrogens is 482 g/mol. The van der Waals surface area contributed by atoms with Gasteiger partial charge in [-0.3, -0.25) is 13.9 Å². The van der Waals surface area contributed by atoms with Crippen LogP contribution >= 0.6 is 0 Å². The number of hydrogen-bond acceptors (Lipinski definition) is 6. The van der Waals surface area contributed by atoms with Gasteiger partial charge in [-0.15, -0.1) is 0 Å². The fourth-order valence-corrected chi connectivity index (χ4v) is 4.69. The van der Waals surface area contributed by atoms with E-state index < -0.39 is 34.1 Å². The number of sulfonamides is 1. The van der Waals surface area contributed by atoms with Gasteiger partial charge in [0.1, 0.15) is 25.8 Å². The first-order chi connectivity index (χ1) is 16.8. The van der Waals surface area contributed by atoms with Crippen LogP contribution in [0.5, 0.6) is 11.5 Å². The van der Waals surface area contributed by atoms with E-state index in [1.807, 2.05) is 51.1 Å². The first kappa shape index (κ1) is 27.3. The molecule has 0 spiro atoms. The Kier molecular flexibility index (Phi) is 8.50. The minimum atomic E-state index is -3.83. The molecular formula is C26H35N3O6S. The van der Waals surface area contributed by atoms with E-state index in [0.717, 1.165) is 16.1 Å². The van der Waals surface area contributed by atoms with E-state index in [1.165, 1.54) is 4.90 Å². The Balaban J connectivity index is 1.87. The summed E-state index contributed by atoms with van der Waals surface area (Å²) in [6, 6.07) is 13.6. The highest BCUT2D eigenvalue weighted by Crippen LogP contribution is 2.34. The van der Waals surface area contributed by atoms with Gasteiger partial charge in [0.2, 0.25) is 21.8 Å². The number of rotatable bonds is 9. The molecule has 1 N–H and O–H groups in total. The number of ether oxygens (including phenoxy) is 2. The quantitative estimate of drug-likeness (QED) is 0.548. The van der Waals surface area contributed by atoms with Crippen LogP contribution in [0.2, 0.25) is 0 Å². The van der Waals surface area contributed by atoms with Gasteiger partial charge in [-0.05, 0) is 51.8 Å². The van der Waals surface area contributed by atoms with Crippen molar-refractivity contribution in [2.24, 2.45) is 0 Å². The lowest BCUT2D eigenvalue weighted by atomic mass is 10.1. The number of anilines is 1. The molecule has 1 aliphatic rings. The van der Waals surface area contributed by atoms with E-state index in [4.69, 9.17) is 9.47 Å². The molecule has 1 atom stereocenters. The molecule has 1 aliphatic heterocycles. The summed E-state index contributed by atoms with van der Waals surface area (Å²) in [5, 5.41) is 2.91. The zero-order chi connectivity index (χ0) is 26.5. The van der Waals surface area contributed by atoms with Crippen molar-refractivity contribution in [3.05, 3.63) is 54.1 Å². The van der Waals surface area contributed by atoms with Crippen molar-refractivity contribution in [1.29, 1.82) is 0 Å². The summed E-state index contributed by atoms with van der Waals surface area (Å²) in [6.45, 7) is 7.79. The number of amides is 2. The molecule has 0 unspecified atom stereocenters. The second-order valence-corrected chi connectivity index (χ2v) is 11.7. The summed E-state index contributed by atoms with van der Waals surface area (Å²) < 4.78 is 37.6. The molecule has 2 aromatic carbocycles. The molecule has 10 heteroatoms. The Morgan fingerprint density at radius 2 is 1.67 bits per heavy atom. The molecule has 0 aliphatic carbocycles. The number of hydrogen-bond donors (Lipinski definition) is 1. The number of carbonyl (C=O) groups excluding carboxylic acids is 2. The summed E-state index contributed by atoms with van der Waals surface area (Å²) >= 11 is 0. The maximum atomic E-state index is 13.6. The van der Waals surface area contributed by atoms with Gasteiger partial charge in [0.25, 0.3) is 0 Å². The molecule has 2 amide bonds. The molecule has 2 aromatic rings. The van der Waals surface area contributed by atoms with E-state index in [0.29, 0.717) is 31.1 Å². The third kappa shape index (κ3) is 7.36. The Morgan fingerprint density at radius 3 is 2.28 bits per heavy atom. The average molecular weight is 518 g/mol. The molecule has 0 bridgehead atoms. The summed E-state index contributed by atoms with van der Waals surface area (Å²) in [5.41, 5.74) is 0.805. The van der Waals surface area contributed by atoms with E-state index in [2.05, 4.69) is 5.32 Å². The van der Waals surface area contributed by atoms with Gasteiger partial charge in [-0.25, -0.2) is 8.42 Å². The molecule has 9 nitrogen and oxygen atoms in total. The lowest BCUT2D eigenvalue weighted by molar-refractivity contribution is -0.139. The van der Waals surface area contributed by atoms with Crippen LogP contribution in [0.25, 0.3) is 0 Å². The number of fused-ring (bicyclic) bond motifs is 1. The van der Waals surface area contributed by atoms with Gasteiger partial charge in [-0.2, -0.15) is 0 Å². The molecule has 3 rings (SSSR count). The van der Waals surface area contributed by atoms with Crippen LogP contribution in [-0.4, -0.2) is 69.3 Å². The topological polar surface area (TPSA) is 105 Å². The molecule has 0 saturated carbocycles. The Bertz CT molecular complexity index is 1180. The molecule has 0 fully saturated rings. The SMILES string of the molecule is C[C@H](C(=O)NC(C)(C)C)N(CCc1ccccc1)C(=O)CN(c1ccc2c(c1)OCCO2)S(C)(=O)=O. The second-order valence-electron chi connectivity index (χ2n) is 9.84. The molecule has 0 aromatic heterocycles. The van der Waals surface area contributed by atoms with Crippen LogP contribution in [-0.2, 0) is 26.0 Å². The Labute approximate surface area is 213 Å². The third-order valence-corrected chi connectivity index (χ3v) is 6.78. The monoisotopic (exact) mass is 517 g/mol. The fraction of sp³-hybridized carbons (Fsp3) is 0.462. The molecule has 0 saturated heterocycles. The van der Waals surface area contributed by atoms with Crippen LogP contribution in [0.1, 0.15) is 33.3 Å². The smallest absolute Gasteiger partial charge is 0.244 e. The molecule has 196 valence electrons. The number of benzene rings is 2. The minimum Gasteiger partial charge on any atom is -0.486 e. The summed E-state index contributed by atoms with van der Waals surface area (Å²) in [7, 11) is -3.83. The standard InChI is InChI=1S/C26H35N3O6S/c1-19(25(31)27-26(2,3)4)28(14-13-20-9-7-6-8-10-20)24(30)18-29(36(5,32)33)21-11-12-22-23(17-21)35-16-15-34-22/h6-12,17,19H,13-16,18H2,1-5H3,(H,27,31)/t19-/m1/s1. The van der Waals surface area contributed by atoms with Gasteiger partial charge in [-0.1, -0.05) is 30.3 Å². The van der Waals surface area contributed by atoms with Gasteiger partial charge in [0.05, 0.1) is 11.9 Å². The van der Waals surface area contributed by atoms with E-state index in [-0.39, 0.29) is 18.1 Å². The van der Waals surface area contributed by atoms with Gasteiger partial charge in [0.15, 0.2) is 11.5 Å². The number of nitrogens with one attached hydrogen (secondary N) is 1. The maximum absolute atomic E-state index is 13.6. The van der Waals surface area contributed by atoms with Gasteiger partial charge in [0, 0.05) is 18.2 Å². The van der Waals surface area contributed by atoms with Crippen LogP contribution in [0.4, 0.5) is 5.69 Å². The summed E-state index contributed by atoms with van der Waals surface area (Å²) in [6.07, 6.45) is 1.56. The minimum absolute atomic E-state index is 0.250. The highest BCUT2D eigenvalue weighted by atomic mass is 32.2. The largest absolute Gasteiger partial charge is 0.486 e. The van der Waals surface area contributed by atoms with Crippen molar-refractivity contribution < 1.29 is 27.5 Å². The second kappa shape index (κ2) is 11.2. The van der Waals surface area contributed by atoms with Crippen molar-refractivity contribution in [3.63, 3.8) is 0 Å². The highest BCUT2D eigenvalue weighted by Gasteiger charge is 2.31. The maximum Gasteiger partial charge on any atom is 0.244 e. The van der Waals surface area contributed by atoms with Crippen molar-refractivity contribution >= 4 is 27.5 Å². The normalized spacial score (nSPS) is 14.0. The molecule has 1 heterocycles. The fourth-order valence-electron chi connectivity index (χ4n) is 3.85. The highest BCUT2D eigenvalue weighted by molar-refractivity contribution is 7.92. The zero-order valence-electron chi connectivity index (χ0n) is 21.5. The predicted molar refractivity (Wildman–Crippen MR) is 139 cm³/mol. The average Bonchev–Trinajstić information content (AvgIpc) is 2.81. The molecule has 36 heavy (non-hydrogen) atoms. The van der Waals surface area contributed by atoms with E-state index >= 15 is 0 Å². The number of nitrogens with zero attached hydrogens (tertiary/aromatic N) is 2. The van der Waals surface area contributed by atoms with Gasteiger partial charge >= 0.3 is 0 Å². The Hall–Kier alpha value is -3.27. The Morgan fingerprint density at radius 1 is 1.03 bits per heavy atom. The van der Waals surface area contributed by atoms with Crippen molar-refractivity contribution in [1.82, 2.24) is 10.2 Å². The van der Waals surface area contributed by atoms with Crippen LogP contribution < -0.4 is 19.1 Å². The summed E-state index contributed by atoms with van der Waals surface area (Å²) in [5.74, 6) is 0.136. The lowest BCUT2D eigenvalue weighted by Crippen LogP contribution is -2.55. The van der Waals surface area contributed by atoms with Crippen LogP contribution in [0, 0.1) is 0 Å². The third-order valence-electron chi connectivity index (χ3n) is 5.64. The predicted octanol–water partition coefficient (Wildman–Crippen LogP) is 2.60. The molecule has 0 radical (unpaired) electrons. The van der Waals surface area contributed by atoms with Crippen molar-refractivity contribution in [2.45, 2.75) is 45.7 Å². The van der Waals surface area contributed by atoms with Crippen LogP contribution in [0.3, 0.4) is 0 Å². The zero-order valence-corrected chi connectivity index (χ0v) is 22.3.